The maximum absolute atomic E-state index is 9.04. The van der Waals surface area contributed by atoms with E-state index in [0.717, 1.165) is 11.1 Å². The van der Waals surface area contributed by atoms with Crippen LogP contribution in [-0.4, -0.2) is 0 Å². The first-order valence-electron chi connectivity index (χ1n) is 12.0. The molecule has 1 nitrogen and oxygen atoms in total. The zero-order valence-electron chi connectivity index (χ0n) is 19.4. The van der Waals surface area contributed by atoms with Gasteiger partial charge in [-0.05, 0) is 90.3 Å². The molecule has 0 fully saturated rings. The van der Waals surface area contributed by atoms with E-state index in [2.05, 4.69) is 109 Å². The summed E-state index contributed by atoms with van der Waals surface area (Å²) in [5.41, 5.74) is 2.51. The van der Waals surface area contributed by atoms with Gasteiger partial charge in [0.15, 0.2) is 0 Å². The molecule has 0 saturated carbocycles. The number of nitrogens with zero attached hydrogens (tertiary/aromatic N) is 1. The summed E-state index contributed by atoms with van der Waals surface area (Å²) in [7, 11) is 0. The van der Waals surface area contributed by atoms with E-state index >= 15 is 0 Å². The Kier molecular flexibility index (Phi) is 4.50. The van der Waals surface area contributed by atoms with Gasteiger partial charge in [0, 0.05) is 11.1 Å². The number of hydrogen-bond acceptors (Lipinski definition) is 1. The highest BCUT2D eigenvalue weighted by molar-refractivity contribution is 6.32. The smallest absolute Gasteiger partial charge is 0.0991 e. The quantitative estimate of drug-likeness (QED) is 0.166. The molecule has 36 heavy (non-hydrogen) atoms. The molecule has 7 aromatic carbocycles. The summed E-state index contributed by atoms with van der Waals surface area (Å²) < 4.78 is 0. The van der Waals surface area contributed by atoms with Gasteiger partial charge < -0.3 is 0 Å². The molecule has 0 N–H and O–H groups in total. The van der Waals surface area contributed by atoms with Gasteiger partial charge in [-0.1, -0.05) is 90.7 Å². The van der Waals surface area contributed by atoms with Crippen LogP contribution in [0.5, 0.6) is 0 Å². The fraction of sp³-hybridized carbons (Fsp3) is 0. The van der Waals surface area contributed by atoms with Crippen LogP contribution >= 0.6 is 0 Å². The number of nitriles is 1. The van der Waals surface area contributed by atoms with Crippen molar-refractivity contribution in [3.63, 3.8) is 0 Å². The fourth-order valence-corrected chi connectivity index (χ4v) is 5.31. The lowest BCUT2D eigenvalue weighted by molar-refractivity contribution is 1.48. The van der Waals surface area contributed by atoms with Crippen molar-refractivity contribution in [3.8, 4) is 17.9 Å². The summed E-state index contributed by atoms with van der Waals surface area (Å²) in [5.74, 6) is 6.59. The predicted octanol–water partition coefficient (Wildman–Crippen LogP) is 8.72. The molecular weight excluding hydrogens is 434 g/mol. The molecule has 0 radical (unpaired) electrons. The minimum absolute atomic E-state index is 0.643. The Hall–Kier alpha value is -5.11. The maximum atomic E-state index is 9.04. The molecule has 0 atom stereocenters. The summed E-state index contributed by atoms with van der Waals surface area (Å²) in [6.45, 7) is 0. The van der Waals surface area contributed by atoms with Crippen LogP contribution in [0.1, 0.15) is 16.7 Å². The summed E-state index contributed by atoms with van der Waals surface area (Å²) >= 11 is 0. The molecule has 0 unspecified atom stereocenters. The van der Waals surface area contributed by atoms with Gasteiger partial charge in [0.05, 0.1) is 11.6 Å². The van der Waals surface area contributed by atoms with Crippen LogP contribution in [0.4, 0.5) is 0 Å². The molecule has 0 aliphatic heterocycles. The summed E-state index contributed by atoms with van der Waals surface area (Å²) in [6, 6.07) is 42.5. The van der Waals surface area contributed by atoms with E-state index in [1.807, 2.05) is 12.1 Å². The summed E-state index contributed by atoms with van der Waals surface area (Å²) in [4.78, 5) is 0. The van der Waals surface area contributed by atoms with Gasteiger partial charge in [-0.15, -0.1) is 0 Å². The lowest BCUT2D eigenvalue weighted by atomic mass is 9.90. The Balaban J connectivity index is 1.55. The molecule has 0 amide bonds. The Morgan fingerprint density at radius 2 is 0.861 bits per heavy atom. The lowest BCUT2D eigenvalue weighted by Crippen LogP contribution is -1.86. The van der Waals surface area contributed by atoms with Gasteiger partial charge in [-0.25, -0.2) is 0 Å². The third kappa shape index (κ3) is 3.19. The first kappa shape index (κ1) is 20.3. The maximum Gasteiger partial charge on any atom is 0.0991 e. The van der Waals surface area contributed by atoms with Gasteiger partial charge in [0.2, 0.25) is 0 Å². The number of hydrogen-bond donors (Lipinski definition) is 0. The monoisotopic (exact) mass is 453 g/mol. The van der Waals surface area contributed by atoms with Gasteiger partial charge >= 0.3 is 0 Å². The van der Waals surface area contributed by atoms with Crippen molar-refractivity contribution in [1.82, 2.24) is 0 Å². The van der Waals surface area contributed by atoms with Crippen LogP contribution in [0.3, 0.4) is 0 Å². The SMILES string of the molecule is N#Cc1ccc(C#Cc2ccc3ccc4ccc5ccc6ccc7ccccc7c6c5c4c3c2)cc1. The van der Waals surface area contributed by atoms with Gasteiger partial charge in [0.1, 0.15) is 0 Å². The second-order valence-electron chi connectivity index (χ2n) is 9.15. The fourth-order valence-electron chi connectivity index (χ4n) is 5.31. The van der Waals surface area contributed by atoms with Gasteiger partial charge in [0.25, 0.3) is 0 Å². The zero-order chi connectivity index (χ0) is 24.1. The van der Waals surface area contributed by atoms with Crippen LogP contribution in [0.25, 0.3) is 53.9 Å². The van der Waals surface area contributed by atoms with E-state index in [4.69, 9.17) is 5.26 Å². The topological polar surface area (TPSA) is 23.8 Å². The molecule has 0 aromatic heterocycles. The summed E-state index contributed by atoms with van der Waals surface area (Å²) in [5, 5.41) is 21.6. The Morgan fingerprint density at radius 1 is 0.389 bits per heavy atom. The van der Waals surface area contributed by atoms with Gasteiger partial charge in [-0.3, -0.25) is 0 Å². The molecule has 164 valence electrons. The molecule has 0 bridgehead atoms. The zero-order valence-corrected chi connectivity index (χ0v) is 19.4. The molecular formula is C35H19N. The van der Waals surface area contributed by atoms with Crippen LogP contribution in [0, 0.1) is 23.2 Å². The number of fused-ring (bicyclic) bond motifs is 9. The number of rotatable bonds is 0. The van der Waals surface area contributed by atoms with E-state index in [0.29, 0.717) is 5.56 Å². The third-order valence-corrected chi connectivity index (χ3v) is 7.05. The second kappa shape index (κ2) is 7.99. The van der Waals surface area contributed by atoms with Crippen LogP contribution in [-0.2, 0) is 0 Å². The first-order chi connectivity index (χ1) is 17.8. The highest BCUT2D eigenvalue weighted by Gasteiger charge is 2.11. The normalized spacial score (nSPS) is 11.1. The average molecular weight is 454 g/mol. The Morgan fingerprint density at radius 3 is 1.56 bits per heavy atom. The van der Waals surface area contributed by atoms with E-state index in [1.165, 1.54) is 53.9 Å². The standard InChI is InChI=1S/C35H19N/c36-22-25-9-6-23(7-10-25)5-8-24-11-12-27-14-16-29-18-20-30-19-17-28-15-13-26-3-1-2-4-31(26)33(28)35(30)34(29)32(27)21-24/h1-4,6-7,9-21H. The lowest BCUT2D eigenvalue weighted by Gasteiger charge is -2.13. The van der Waals surface area contributed by atoms with Crippen LogP contribution in [0.15, 0.2) is 115 Å². The minimum atomic E-state index is 0.643. The molecule has 0 spiro atoms. The molecule has 7 aromatic rings. The van der Waals surface area contributed by atoms with Crippen molar-refractivity contribution < 1.29 is 0 Å². The van der Waals surface area contributed by atoms with Crippen molar-refractivity contribution in [2.45, 2.75) is 0 Å². The molecule has 0 aliphatic rings. The van der Waals surface area contributed by atoms with Crippen molar-refractivity contribution in [3.05, 3.63) is 132 Å². The van der Waals surface area contributed by atoms with Crippen LogP contribution < -0.4 is 0 Å². The molecule has 1 heteroatoms. The van der Waals surface area contributed by atoms with Crippen molar-refractivity contribution in [2.75, 3.05) is 0 Å². The Bertz CT molecular complexity index is 2080. The van der Waals surface area contributed by atoms with Crippen molar-refractivity contribution >= 4 is 53.9 Å². The second-order valence-corrected chi connectivity index (χ2v) is 9.15. The van der Waals surface area contributed by atoms with Gasteiger partial charge in [-0.2, -0.15) is 5.26 Å². The van der Waals surface area contributed by atoms with Crippen molar-refractivity contribution in [2.24, 2.45) is 0 Å². The predicted molar refractivity (Wildman–Crippen MR) is 151 cm³/mol. The molecule has 0 heterocycles. The number of benzene rings is 7. The molecule has 7 rings (SSSR count). The third-order valence-electron chi connectivity index (χ3n) is 7.05. The summed E-state index contributed by atoms with van der Waals surface area (Å²) in [6.07, 6.45) is 0. The minimum Gasteiger partial charge on any atom is -0.192 e. The van der Waals surface area contributed by atoms with E-state index in [9.17, 15) is 0 Å². The molecule has 0 aliphatic carbocycles. The Labute approximate surface area is 208 Å². The van der Waals surface area contributed by atoms with E-state index < -0.39 is 0 Å². The largest absolute Gasteiger partial charge is 0.192 e. The van der Waals surface area contributed by atoms with E-state index in [-0.39, 0.29) is 0 Å². The van der Waals surface area contributed by atoms with Crippen LogP contribution in [0.2, 0.25) is 0 Å². The van der Waals surface area contributed by atoms with E-state index in [1.54, 1.807) is 12.1 Å². The highest BCUT2D eigenvalue weighted by atomic mass is 14.2. The molecule has 0 saturated heterocycles. The average Bonchev–Trinajstić information content (AvgIpc) is 2.95. The highest BCUT2D eigenvalue weighted by Crippen LogP contribution is 2.39. The first-order valence-corrected chi connectivity index (χ1v) is 12.0. The van der Waals surface area contributed by atoms with Crippen molar-refractivity contribution in [1.29, 1.82) is 5.26 Å².